The van der Waals surface area contributed by atoms with Crippen molar-refractivity contribution in [2.75, 3.05) is 38.7 Å². The van der Waals surface area contributed by atoms with Gasteiger partial charge in [0.2, 0.25) is 0 Å². The van der Waals surface area contributed by atoms with Crippen LogP contribution in [-0.2, 0) is 4.74 Å². The average molecular weight is 617 g/mol. The number of fused-ring (bicyclic) bond motifs is 1. The first kappa shape index (κ1) is 33.6. The number of rotatable bonds is 7. The van der Waals surface area contributed by atoms with Crippen molar-refractivity contribution in [3.63, 3.8) is 0 Å². The number of carbonyl (C=O) groups is 3. The lowest BCUT2D eigenvalue weighted by molar-refractivity contribution is -0.0149. The fourth-order valence-electron chi connectivity index (χ4n) is 5.32. The third kappa shape index (κ3) is 9.12. The number of amides is 3. The predicted molar refractivity (Wildman–Crippen MR) is 172 cm³/mol. The quantitative estimate of drug-likeness (QED) is 0.387. The number of carbonyl (C=O) groups excluding carboxylic acids is 3. The highest BCUT2D eigenvalue weighted by Crippen LogP contribution is 2.29. The summed E-state index contributed by atoms with van der Waals surface area (Å²) in [5.74, 6) is -0.547. The topological polar surface area (TPSA) is 121 Å². The molecule has 1 aliphatic heterocycles. The summed E-state index contributed by atoms with van der Waals surface area (Å²) in [5.41, 5.74) is 1.78. The van der Waals surface area contributed by atoms with Gasteiger partial charge in [0, 0.05) is 61.9 Å². The van der Waals surface area contributed by atoms with Crippen LogP contribution in [0, 0.1) is 5.92 Å². The van der Waals surface area contributed by atoms with Crippen molar-refractivity contribution in [2.24, 2.45) is 5.92 Å². The Balaban J connectivity index is 1.63. The van der Waals surface area contributed by atoms with Gasteiger partial charge in [-0.2, -0.15) is 0 Å². The van der Waals surface area contributed by atoms with Gasteiger partial charge < -0.3 is 29.7 Å². The number of pyridine rings is 1. The minimum atomic E-state index is -0.516. The van der Waals surface area contributed by atoms with Crippen LogP contribution in [0.1, 0.15) is 71.1 Å². The van der Waals surface area contributed by atoms with Crippen molar-refractivity contribution in [3.05, 3.63) is 89.7 Å². The first-order chi connectivity index (χ1) is 21.7. The molecule has 3 aromatic rings. The third-order valence-electron chi connectivity index (χ3n) is 8.07. The maximum atomic E-state index is 14.3. The Morgan fingerprint density at radius 2 is 1.80 bits per heavy atom. The van der Waals surface area contributed by atoms with Gasteiger partial charge in [0.1, 0.15) is 5.75 Å². The normalized spacial score (nSPS) is 20.2. The number of hydrogen-bond donors (Lipinski definition) is 2. The molecule has 10 heteroatoms. The van der Waals surface area contributed by atoms with Crippen molar-refractivity contribution in [1.82, 2.24) is 14.8 Å². The standard InChI is InChI=1S/C35H44N4O6/c1-24-21-39(25(2)23-40)35(43)30-20-29(37-33(41)27-11-6-5-7-12-27)13-14-31(30)45-26(3)10-8-9-19-44-32(24)22-38(4)34(42)28-15-17-36-18-16-28/h5-7,11-18,20,24-26,32,40H,8-10,19,21-23H2,1-4H3,(H,37,41)/t24-,25+,26+,32+/m0/s1. The van der Waals surface area contributed by atoms with E-state index in [1.54, 1.807) is 90.8 Å². The van der Waals surface area contributed by atoms with Gasteiger partial charge in [-0.1, -0.05) is 25.1 Å². The van der Waals surface area contributed by atoms with Gasteiger partial charge in [-0.25, -0.2) is 0 Å². The lowest BCUT2D eigenvalue weighted by Crippen LogP contribution is -2.48. The van der Waals surface area contributed by atoms with Crippen molar-refractivity contribution in [2.45, 2.75) is 58.3 Å². The predicted octanol–water partition coefficient (Wildman–Crippen LogP) is 4.90. The van der Waals surface area contributed by atoms with Gasteiger partial charge in [-0.05, 0) is 75.6 Å². The molecule has 0 unspecified atom stereocenters. The molecule has 0 aliphatic carbocycles. The van der Waals surface area contributed by atoms with Crippen molar-refractivity contribution in [3.8, 4) is 5.75 Å². The molecule has 0 saturated carbocycles. The number of anilines is 1. The maximum Gasteiger partial charge on any atom is 0.258 e. The van der Waals surface area contributed by atoms with Crippen LogP contribution in [0.25, 0.3) is 0 Å². The van der Waals surface area contributed by atoms with E-state index in [2.05, 4.69) is 10.3 Å². The summed E-state index contributed by atoms with van der Waals surface area (Å²) >= 11 is 0. The second-order valence-electron chi connectivity index (χ2n) is 11.8. The molecule has 4 rings (SSSR count). The van der Waals surface area contributed by atoms with Crippen LogP contribution in [0.3, 0.4) is 0 Å². The molecule has 240 valence electrons. The van der Waals surface area contributed by atoms with Gasteiger partial charge in [0.25, 0.3) is 17.7 Å². The van der Waals surface area contributed by atoms with E-state index >= 15 is 0 Å². The summed E-state index contributed by atoms with van der Waals surface area (Å²) in [4.78, 5) is 47.6. The van der Waals surface area contributed by atoms with E-state index in [1.807, 2.05) is 19.9 Å². The molecule has 0 spiro atoms. The first-order valence-electron chi connectivity index (χ1n) is 15.5. The summed E-state index contributed by atoms with van der Waals surface area (Å²) in [7, 11) is 1.74. The molecule has 2 aromatic carbocycles. The molecule has 0 radical (unpaired) electrons. The monoisotopic (exact) mass is 616 g/mol. The first-order valence-corrected chi connectivity index (χ1v) is 15.5. The highest BCUT2D eigenvalue weighted by atomic mass is 16.5. The highest BCUT2D eigenvalue weighted by molar-refractivity contribution is 6.05. The fourth-order valence-corrected chi connectivity index (χ4v) is 5.32. The summed E-state index contributed by atoms with van der Waals surface area (Å²) in [6.45, 7) is 6.58. The molecule has 45 heavy (non-hydrogen) atoms. The molecule has 0 bridgehead atoms. The van der Waals surface area contributed by atoms with Crippen LogP contribution >= 0.6 is 0 Å². The molecule has 10 nitrogen and oxygen atoms in total. The van der Waals surface area contributed by atoms with Crippen molar-refractivity contribution in [1.29, 1.82) is 0 Å². The Kier molecular flexibility index (Phi) is 12.1. The van der Waals surface area contributed by atoms with Gasteiger partial charge in [0.05, 0.1) is 30.4 Å². The van der Waals surface area contributed by atoms with E-state index in [-0.39, 0.29) is 49.0 Å². The number of ether oxygens (including phenoxy) is 2. The minimum absolute atomic E-state index is 0.144. The SMILES string of the molecule is C[C@@H]1CCCCO[C@H](CN(C)C(=O)c2ccncc2)[C@@H](C)CN([C@H](C)CO)C(=O)c2cc(NC(=O)c3ccccc3)ccc2O1. The van der Waals surface area contributed by atoms with Gasteiger partial charge in [0.15, 0.2) is 0 Å². The molecule has 2 N–H and O–H groups in total. The summed E-state index contributed by atoms with van der Waals surface area (Å²) in [6.07, 6.45) is 5.05. The lowest BCUT2D eigenvalue weighted by atomic mass is 10.0. The number of nitrogens with zero attached hydrogens (tertiary/aromatic N) is 3. The number of aromatic nitrogens is 1. The average Bonchev–Trinajstić information content (AvgIpc) is 3.06. The Bertz CT molecular complexity index is 1420. The van der Waals surface area contributed by atoms with E-state index in [4.69, 9.17) is 9.47 Å². The number of benzene rings is 2. The van der Waals surface area contributed by atoms with E-state index in [0.717, 1.165) is 19.3 Å². The Hall–Kier alpha value is -4.28. The zero-order valence-corrected chi connectivity index (χ0v) is 26.5. The fraction of sp³-hybridized carbons (Fsp3) is 0.429. The molecule has 0 saturated heterocycles. The second kappa shape index (κ2) is 16.2. The van der Waals surface area contributed by atoms with Gasteiger partial charge in [-0.15, -0.1) is 0 Å². The highest BCUT2D eigenvalue weighted by Gasteiger charge is 2.31. The van der Waals surface area contributed by atoms with Crippen LogP contribution in [0.4, 0.5) is 5.69 Å². The molecule has 1 aliphatic rings. The zero-order valence-electron chi connectivity index (χ0n) is 26.5. The van der Waals surface area contributed by atoms with E-state index in [9.17, 15) is 19.5 Å². The molecule has 0 fully saturated rings. The van der Waals surface area contributed by atoms with Gasteiger partial charge >= 0.3 is 0 Å². The molecule has 3 amide bonds. The molecular formula is C35H44N4O6. The number of nitrogens with one attached hydrogen (secondary N) is 1. The van der Waals surface area contributed by atoms with Crippen LogP contribution < -0.4 is 10.1 Å². The van der Waals surface area contributed by atoms with Crippen LogP contribution in [0.5, 0.6) is 5.75 Å². The van der Waals surface area contributed by atoms with Crippen LogP contribution in [-0.4, -0.2) is 89.2 Å². The van der Waals surface area contributed by atoms with Crippen molar-refractivity contribution < 1.29 is 29.0 Å². The van der Waals surface area contributed by atoms with Gasteiger partial charge in [-0.3, -0.25) is 19.4 Å². The number of aliphatic hydroxyl groups is 1. The summed E-state index contributed by atoms with van der Waals surface area (Å²) < 4.78 is 12.6. The molecule has 1 aromatic heterocycles. The third-order valence-corrected chi connectivity index (χ3v) is 8.07. The molecule has 2 heterocycles. The van der Waals surface area contributed by atoms with Crippen molar-refractivity contribution >= 4 is 23.4 Å². The van der Waals surface area contributed by atoms with Crippen LogP contribution in [0.2, 0.25) is 0 Å². The minimum Gasteiger partial charge on any atom is -0.490 e. The Morgan fingerprint density at radius 3 is 2.51 bits per heavy atom. The smallest absolute Gasteiger partial charge is 0.258 e. The lowest BCUT2D eigenvalue weighted by Gasteiger charge is -2.36. The largest absolute Gasteiger partial charge is 0.490 e. The van der Waals surface area contributed by atoms with Crippen LogP contribution in [0.15, 0.2) is 73.1 Å². The Morgan fingerprint density at radius 1 is 1.07 bits per heavy atom. The number of likely N-dealkylation sites (N-methyl/N-ethyl adjacent to an activating group) is 1. The molecular weight excluding hydrogens is 572 g/mol. The van der Waals surface area contributed by atoms with E-state index < -0.39 is 6.04 Å². The Labute approximate surface area is 265 Å². The maximum absolute atomic E-state index is 14.3. The molecule has 4 atom stereocenters. The summed E-state index contributed by atoms with van der Waals surface area (Å²) in [5, 5.41) is 13.1. The number of aliphatic hydroxyl groups excluding tert-OH is 1. The zero-order chi connectivity index (χ0) is 32.3. The second-order valence-corrected chi connectivity index (χ2v) is 11.8. The summed E-state index contributed by atoms with van der Waals surface area (Å²) in [6, 6.07) is 16.8. The number of hydrogen-bond acceptors (Lipinski definition) is 7. The van der Waals surface area contributed by atoms with E-state index in [1.165, 1.54) is 0 Å². The van der Waals surface area contributed by atoms with E-state index in [0.29, 0.717) is 41.3 Å².